The van der Waals surface area contributed by atoms with Crippen LogP contribution in [0.15, 0.2) is 29.3 Å². The maximum absolute atomic E-state index is 5.91. The number of rotatable bonds is 1. The molecule has 1 aliphatic rings. The average molecular weight is 219 g/mol. The number of hydrogen-bond donors (Lipinski definition) is 1. The molecule has 0 radical (unpaired) electrons. The Morgan fingerprint density at radius 2 is 2.31 bits per heavy atom. The molecule has 1 aliphatic heterocycles. The van der Waals surface area contributed by atoms with Crippen molar-refractivity contribution in [2.75, 3.05) is 19.7 Å². The van der Waals surface area contributed by atoms with Crippen LogP contribution < -0.4 is 10.5 Å². The normalized spacial score (nSPS) is 16.3. The summed E-state index contributed by atoms with van der Waals surface area (Å²) in [6.45, 7) is 4.90. The number of fused-ring (bicyclic) bond motifs is 1. The molecule has 0 saturated carbocycles. The van der Waals surface area contributed by atoms with Crippen molar-refractivity contribution in [2.24, 2.45) is 10.7 Å². The summed E-state index contributed by atoms with van der Waals surface area (Å²) < 4.78 is 5.65. The first kappa shape index (κ1) is 10.8. The van der Waals surface area contributed by atoms with Gasteiger partial charge in [0.15, 0.2) is 5.96 Å². The van der Waals surface area contributed by atoms with Gasteiger partial charge in [0.2, 0.25) is 0 Å². The third-order valence-corrected chi connectivity index (χ3v) is 2.60. The first-order chi connectivity index (χ1) is 7.81. The van der Waals surface area contributed by atoms with Gasteiger partial charge in [0.25, 0.3) is 0 Å². The highest BCUT2D eigenvalue weighted by atomic mass is 16.5. The van der Waals surface area contributed by atoms with Gasteiger partial charge in [-0.05, 0) is 13.0 Å². The predicted octanol–water partition coefficient (Wildman–Crippen LogP) is 1.22. The van der Waals surface area contributed by atoms with Gasteiger partial charge in [0, 0.05) is 18.7 Å². The number of guanidine groups is 1. The highest BCUT2D eigenvalue weighted by Crippen LogP contribution is 2.22. The lowest BCUT2D eigenvalue weighted by atomic mass is 10.2. The summed E-state index contributed by atoms with van der Waals surface area (Å²) in [5.74, 6) is 1.55. The average Bonchev–Trinajstić information content (AvgIpc) is 2.51. The molecule has 0 spiro atoms. The highest BCUT2D eigenvalue weighted by molar-refractivity contribution is 5.78. The third kappa shape index (κ3) is 2.27. The summed E-state index contributed by atoms with van der Waals surface area (Å²) in [5, 5.41) is 0. The Balaban J connectivity index is 2.19. The van der Waals surface area contributed by atoms with Crippen LogP contribution in [0, 0.1) is 0 Å². The van der Waals surface area contributed by atoms with Gasteiger partial charge < -0.3 is 15.4 Å². The molecule has 1 aromatic carbocycles. The number of benzene rings is 1. The van der Waals surface area contributed by atoms with Gasteiger partial charge in [-0.25, -0.2) is 0 Å². The quantitative estimate of drug-likeness (QED) is 0.570. The number of nitrogens with two attached hydrogens (primary N) is 1. The van der Waals surface area contributed by atoms with Crippen LogP contribution >= 0.6 is 0 Å². The predicted molar refractivity (Wildman–Crippen MR) is 64.5 cm³/mol. The number of para-hydroxylation sites is 1. The van der Waals surface area contributed by atoms with Gasteiger partial charge in [-0.15, -0.1) is 0 Å². The van der Waals surface area contributed by atoms with E-state index in [4.69, 9.17) is 10.5 Å². The zero-order chi connectivity index (χ0) is 11.4. The standard InChI is InChI=1S/C12H17N3O/c1-2-14-12(13)15-7-8-16-11-6-4-3-5-10(11)9-15/h3-6H,2,7-9H2,1H3,(H2,13,14). The van der Waals surface area contributed by atoms with Crippen LogP contribution in [0.25, 0.3) is 0 Å². The van der Waals surface area contributed by atoms with E-state index in [1.807, 2.05) is 25.1 Å². The molecule has 0 unspecified atom stereocenters. The molecular formula is C12H17N3O. The highest BCUT2D eigenvalue weighted by Gasteiger charge is 2.15. The van der Waals surface area contributed by atoms with Crippen molar-refractivity contribution >= 4 is 5.96 Å². The van der Waals surface area contributed by atoms with Gasteiger partial charge in [-0.3, -0.25) is 4.99 Å². The summed E-state index contributed by atoms with van der Waals surface area (Å²) in [6.07, 6.45) is 0. The van der Waals surface area contributed by atoms with Crippen molar-refractivity contribution in [3.8, 4) is 5.75 Å². The van der Waals surface area contributed by atoms with Crippen molar-refractivity contribution in [1.82, 2.24) is 4.90 Å². The van der Waals surface area contributed by atoms with Gasteiger partial charge in [-0.1, -0.05) is 18.2 Å². The van der Waals surface area contributed by atoms with Crippen molar-refractivity contribution in [3.05, 3.63) is 29.8 Å². The number of nitrogens with zero attached hydrogens (tertiary/aromatic N) is 2. The van der Waals surface area contributed by atoms with E-state index in [-0.39, 0.29) is 0 Å². The zero-order valence-corrected chi connectivity index (χ0v) is 9.52. The number of hydrogen-bond acceptors (Lipinski definition) is 2. The fourth-order valence-corrected chi connectivity index (χ4v) is 1.78. The summed E-state index contributed by atoms with van der Waals surface area (Å²) in [6, 6.07) is 8.05. The van der Waals surface area contributed by atoms with Crippen LogP contribution in [-0.2, 0) is 6.54 Å². The van der Waals surface area contributed by atoms with Crippen LogP contribution in [0.4, 0.5) is 0 Å². The monoisotopic (exact) mass is 219 g/mol. The Labute approximate surface area is 95.7 Å². The van der Waals surface area contributed by atoms with E-state index in [2.05, 4.69) is 16.0 Å². The van der Waals surface area contributed by atoms with Gasteiger partial charge in [0.05, 0.1) is 6.54 Å². The second kappa shape index (κ2) is 4.88. The summed E-state index contributed by atoms with van der Waals surface area (Å²) in [4.78, 5) is 6.28. The fraction of sp³-hybridized carbons (Fsp3) is 0.417. The topological polar surface area (TPSA) is 50.8 Å². The van der Waals surface area contributed by atoms with E-state index in [0.717, 1.165) is 24.4 Å². The Bertz CT molecular complexity index is 390. The maximum atomic E-state index is 5.91. The second-order valence-corrected chi connectivity index (χ2v) is 3.71. The Kier molecular flexibility index (Phi) is 3.29. The van der Waals surface area contributed by atoms with Gasteiger partial charge in [-0.2, -0.15) is 0 Å². The first-order valence-corrected chi connectivity index (χ1v) is 5.57. The zero-order valence-electron chi connectivity index (χ0n) is 9.52. The second-order valence-electron chi connectivity index (χ2n) is 3.71. The Morgan fingerprint density at radius 3 is 3.12 bits per heavy atom. The molecule has 0 amide bonds. The molecule has 1 heterocycles. The van der Waals surface area contributed by atoms with E-state index < -0.39 is 0 Å². The van der Waals surface area contributed by atoms with Crippen LogP contribution in [-0.4, -0.2) is 30.6 Å². The molecule has 86 valence electrons. The molecule has 0 aliphatic carbocycles. The van der Waals surface area contributed by atoms with Crippen molar-refractivity contribution in [1.29, 1.82) is 0 Å². The van der Waals surface area contributed by atoms with Crippen LogP contribution in [0.3, 0.4) is 0 Å². The molecule has 2 N–H and O–H groups in total. The minimum atomic E-state index is 0.600. The first-order valence-electron chi connectivity index (χ1n) is 5.57. The maximum Gasteiger partial charge on any atom is 0.191 e. The molecule has 16 heavy (non-hydrogen) atoms. The van der Waals surface area contributed by atoms with Crippen molar-refractivity contribution < 1.29 is 4.74 Å². The van der Waals surface area contributed by atoms with Crippen molar-refractivity contribution in [3.63, 3.8) is 0 Å². The van der Waals surface area contributed by atoms with Crippen LogP contribution in [0.1, 0.15) is 12.5 Å². The van der Waals surface area contributed by atoms with Crippen LogP contribution in [0.5, 0.6) is 5.75 Å². The van der Waals surface area contributed by atoms with Crippen molar-refractivity contribution in [2.45, 2.75) is 13.5 Å². The fourth-order valence-electron chi connectivity index (χ4n) is 1.78. The van der Waals surface area contributed by atoms with E-state index in [1.54, 1.807) is 0 Å². The summed E-state index contributed by atoms with van der Waals surface area (Å²) in [5.41, 5.74) is 7.07. The molecule has 0 saturated heterocycles. The molecule has 4 heteroatoms. The third-order valence-electron chi connectivity index (χ3n) is 2.60. The molecule has 4 nitrogen and oxygen atoms in total. The van der Waals surface area contributed by atoms with E-state index in [0.29, 0.717) is 19.1 Å². The van der Waals surface area contributed by atoms with E-state index >= 15 is 0 Å². The number of ether oxygens (including phenoxy) is 1. The largest absolute Gasteiger partial charge is 0.491 e. The molecule has 0 atom stereocenters. The lowest BCUT2D eigenvalue weighted by Crippen LogP contribution is -2.38. The van der Waals surface area contributed by atoms with E-state index in [9.17, 15) is 0 Å². The lowest BCUT2D eigenvalue weighted by molar-refractivity contribution is 0.288. The Hall–Kier alpha value is -1.71. The SMILES string of the molecule is CCN=C(N)N1CCOc2ccccc2C1. The van der Waals surface area contributed by atoms with Crippen LogP contribution in [0.2, 0.25) is 0 Å². The van der Waals surface area contributed by atoms with Gasteiger partial charge >= 0.3 is 0 Å². The van der Waals surface area contributed by atoms with E-state index in [1.165, 1.54) is 0 Å². The molecular weight excluding hydrogens is 202 g/mol. The molecule has 0 fully saturated rings. The molecule has 1 aromatic rings. The smallest absolute Gasteiger partial charge is 0.191 e. The molecule has 0 aromatic heterocycles. The minimum Gasteiger partial charge on any atom is -0.491 e. The summed E-state index contributed by atoms with van der Waals surface area (Å²) >= 11 is 0. The number of aliphatic imine (C=N–C) groups is 1. The van der Waals surface area contributed by atoms with Gasteiger partial charge in [0.1, 0.15) is 12.4 Å². The molecule has 0 bridgehead atoms. The Morgan fingerprint density at radius 1 is 1.50 bits per heavy atom. The lowest BCUT2D eigenvalue weighted by Gasteiger charge is -2.20. The minimum absolute atomic E-state index is 0.600. The molecule has 2 rings (SSSR count). The summed E-state index contributed by atoms with van der Waals surface area (Å²) in [7, 11) is 0.